The van der Waals surface area contributed by atoms with Gasteiger partial charge in [-0.1, -0.05) is 18.2 Å². The summed E-state index contributed by atoms with van der Waals surface area (Å²) in [7, 11) is 0. The molecule has 5 heteroatoms. The van der Waals surface area contributed by atoms with Crippen LogP contribution in [0.4, 0.5) is 0 Å². The van der Waals surface area contributed by atoms with Gasteiger partial charge < -0.3 is 9.47 Å². The van der Waals surface area contributed by atoms with E-state index < -0.39 is 17.0 Å². The van der Waals surface area contributed by atoms with Crippen LogP contribution in [-0.2, 0) is 14.3 Å². The first kappa shape index (κ1) is 12.7. The highest BCUT2D eigenvalue weighted by Gasteiger charge is 2.12. The van der Waals surface area contributed by atoms with Crippen molar-refractivity contribution in [1.82, 2.24) is 0 Å². The van der Waals surface area contributed by atoms with Gasteiger partial charge in [-0.15, -0.1) is 0 Å². The number of hydrogen-bond acceptors (Lipinski definition) is 4. The third kappa shape index (κ3) is 4.44. The van der Waals surface area contributed by atoms with Crippen molar-refractivity contribution in [3.8, 4) is 0 Å². The fourth-order valence-electron chi connectivity index (χ4n) is 1.01. The molecule has 0 heterocycles. The lowest BCUT2D eigenvalue weighted by Gasteiger charge is -2.10. The van der Waals surface area contributed by atoms with Gasteiger partial charge in [-0.25, -0.2) is 4.79 Å². The Morgan fingerprint density at radius 1 is 1.31 bits per heavy atom. The SMILES string of the molecule is CC(=O)OC(Br)COC(=O)c1ccccc1. The normalized spacial score (nSPS) is 11.6. The zero-order chi connectivity index (χ0) is 12.0. The maximum absolute atomic E-state index is 11.5. The highest BCUT2D eigenvalue weighted by molar-refractivity contribution is 9.09. The molecule has 0 radical (unpaired) electrons. The monoisotopic (exact) mass is 286 g/mol. The van der Waals surface area contributed by atoms with Gasteiger partial charge in [-0.2, -0.15) is 0 Å². The van der Waals surface area contributed by atoms with E-state index in [1.165, 1.54) is 6.92 Å². The lowest BCUT2D eigenvalue weighted by atomic mass is 10.2. The Hall–Kier alpha value is -1.36. The zero-order valence-electron chi connectivity index (χ0n) is 8.68. The third-order valence-corrected chi connectivity index (χ3v) is 2.10. The summed E-state index contributed by atoms with van der Waals surface area (Å²) in [6.45, 7) is 1.26. The lowest BCUT2D eigenvalue weighted by molar-refractivity contribution is -0.143. The first-order valence-corrected chi connectivity index (χ1v) is 5.54. The van der Waals surface area contributed by atoms with Crippen molar-refractivity contribution in [2.24, 2.45) is 0 Å². The minimum Gasteiger partial charge on any atom is -0.457 e. The first-order valence-electron chi connectivity index (χ1n) is 4.63. The number of benzene rings is 1. The van der Waals surface area contributed by atoms with E-state index in [1.807, 2.05) is 6.07 Å². The molecule has 0 aliphatic heterocycles. The van der Waals surface area contributed by atoms with Crippen molar-refractivity contribution in [3.63, 3.8) is 0 Å². The highest BCUT2D eigenvalue weighted by atomic mass is 79.9. The van der Waals surface area contributed by atoms with Gasteiger partial charge in [0.05, 0.1) is 5.56 Å². The molecule has 86 valence electrons. The zero-order valence-corrected chi connectivity index (χ0v) is 10.3. The number of carbonyl (C=O) groups excluding carboxylic acids is 2. The van der Waals surface area contributed by atoms with Gasteiger partial charge in [0.25, 0.3) is 0 Å². The molecule has 0 amide bonds. The van der Waals surface area contributed by atoms with E-state index in [-0.39, 0.29) is 6.61 Å². The molecule has 0 saturated carbocycles. The molecule has 1 aromatic carbocycles. The molecule has 0 fully saturated rings. The minimum absolute atomic E-state index is 0.0205. The van der Waals surface area contributed by atoms with Gasteiger partial charge in [0.15, 0.2) is 5.01 Å². The average molecular weight is 287 g/mol. The van der Waals surface area contributed by atoms with Crippen LogP contribution in [0.3, 0.4) is 0 Å². The smallest absolute Gasteiger partial charge is 0.338 e. The van der Waals surface area contributed by atoms with Crippen LogP contribution in [0.25, 0.3) is 0 Å². The number of carbonyl (C=O) groups is 2. The summed E-state index contributed by atoms with van der Waals surface area (Å²) in [5.41, 5.74) is 0.463. The van der Waals surface area contributed by atoms with Gasteiger partial charge >= 0.3 is 11.9 Å². The summed E-state index contributed by atoms with van der Waals surface area (Å²) < 4.78 is 9.66. The number of rotatable bonds is 4. The Kier molecular flexibility index (Phi) is 4.98. The van der Waals surface area contributed by atoms with Crippen LogP contribution in [-0.4, -0.2) is 23.6 Å². The van der Waals surface area contributed by atoms with Crippen LogP contribution >= 0.6 is 15.9 Å². The molecule has 0 N–H and O–H groups in total. The molecular weight excluding hydrogens is 276 g/mol. The molecule has 0 spiro atoms. The predicted octanol–water partition coefficient (Wildman–Crippen LogP) is 2.13. The van der Waals surface area contributed by atoms with Crippen LogP contribution in [0, 0.1) is 0 Å². The third-order valence-electron chi connectivity index (χ3n) is 1.65. The van der Waals surface area contributed by atoms with Crippen LogP contribution in [0.1, 0.15) is 17.3 Å². The van der Waals surface area contributed by atoms with E-state index in [0.717, 1.165) is 0 Å². The maximum Gasteiger partial charge on any atom is 0.338 e. The summed E-state index contributed by atoms with van der Waals surface area (Å²) in [5, 5.41) is -0.613. The fraction of sp³-hybridized carbons (Fsp3) is 0.273. The van der Waals surface area contributed by atoms with Gasteiger partial charge in [0.2, 0.25) is 0 Å². The van der Waals surface area contributed by atoms with E-state index in [1.54, 1.807) is 24.3 Å². The lowest BCUT2D eigenvalue weighted by Crippen LogP contribution is -2.18. The van der Waals surface area contributed by atoms with Crippen LogP contribution in [0.15, 0.2) is 30.3 Å². The Balaban J connectivity index is 2.39. The predicted molar refractivity (Wildman–Crippen MR) is 61.2 cm³/mol. The van der Waals surface area contributed by atoms with Crippen molar-refractivity contribution < 1.29 is 19.1 Å². The largest absolute Gasteiger partial charge is 0.457 e. The number of esters is 2. The van der Waals surface area contributed by atoms with Crippen LogP contribution < -0.4 is 0 Å². The first-order chi connectivity index (χ1) is 7.59. The second kappa shape index (κ2) is 6.27. The maximum atomic E-state index is 11.5. The van der Waals surface area contributed by atoms with E-state index in [0.29, 0.717) is 5.56 Å². The van der Waals surface area contributed by atoms with E-state index in [2.05, 4.69) is 15.9 Å². The molecule has 1 unspecified atom stereocenters. The van der Waals surface area contributed by atoms with Gasteiger partial charge in [0, 0.05) is 6.92 Å². The quantitative estimate of drug-likeness (QED) is 0.629. The number of hydrogen-bond donors (Lipinski definition) is 0. The van der Waals surface area contributed by atoms with Crippen molar-refractivity contribution in [3.05, 3.63) is 35.9 Å². The molecule has 0 saturated heterocycles. The summed E-state index contributed by atoms with van der Waals surface area (Å²) in [4.78, 5) is 22.0. The van der Waals surface area contributed by atoms with E-state index in [4.69, 9.17) is 9.47 Å². The van der Waals surface area contributed by atoms with Crippen molar-refractivity contribution in [1.29, 1.82) is 0 Å². The molecule has 0 bridgehead atoms. The molecule has 4 nitrogen and oxygen atoms in total. The highest BCUT2D eigenvalue weighted by Crippen LogP contribution is 2.06. The summed E-state index contributed by atoms with van der Waals surface area (Å²) in [6.07, 6.45) is 0. The molecule has 16 heavy (non-hydrogen) atoms. The number of alkyl halides is 1. The molecular formula is C11H11BrO4. The van der Waals surface area contributed by atoms with Crippen LogP contribution in [0.2, 0.25) is 0 Å². The van der Waals surface area contributed by atoms with Crippen molar-refractivity contribution >= 4 is 27.9 Å². The van der Waals surface area contributed by atoms with Crippen molar-refractivity contribution in [2.45, 2.75) is 11.9 Å². The van der Waals surface area contributed by atoms with E-state index >= 15 is 0 Å². The average Bonchev–Trinajstić information content (AvgIpc) is 2.26. The molecule has 1 aromatic rings. The summed E-state index contributed by atoms with van der Waals surface area (Å²) >= 11 is 3.06. The fourth-order valence-corrected chi connectivity index (χ4v) is 1.41. The Bertz CT molecular complexity index is 364. The minimum atomic E-state index is -0.613. The van der Waals surface area contributed by atoms with Gasteiger partial charge in [-0.05, 0) is 28.1 Å². The summed E-state index contributed by atoms with van der Waals surface area (Å²) in [6, 6.07) is 8.60. The molecule has 0 aromatic heterocycles. The molecule has 0 aliphatic rings. The Morgan fingerprint density at radius 3 is 2.50 bits per heavy atom. The topological polar surface area (TPSA) is 52.6 Å². The second-order valence-electron chi connectivity index (χ2n) is 2.98. The second-order valence-corrected chi connectivity index (χ2v) is 4.01. The summed E-state index contributed by atoms with van der Waals surface area (Å²) in [5.74, 6) is -0.880. The standard InChI is InChI=1S/C11H11BrO4/c1-8(13)16-10(12)7-15-11(14)9-5-3-2-4-6-9/h2-6,10H,7H2,1H3. The Morgan fingerprint density at radius 2 is 1.94 bits per heavy atom. The van der Waals surface area contributed by atoms with Crippen LogP contribution in [0.5, 0.6) is 0 Å². The number of halogens is 1. The van der Waals surface area contributed by atoms with E-state index in [9.17, 15) is 9.59 Å². The Labute approximate surface area is 102 Å². The van der Waals surface area contributed by atoms with Crippen molar-refractivity contribution in [2.75, 3.05) is 6.61 Å². The molecule has 1 rings (SSSR count). The number of ether oxygens (including phenoxy) is 2. The molecule has 1 atom stereocenters. The van der Waals surface area contributed by atoms with Gasteiger partial charge in [0.1, 0.15) is 6.61 Å². The van der Waals surface area contributed by atoms with Gasteiger partial charge in [-0.3, -0.25) is 4.79 Å². The molecule has 0 aliphatic carbocycles.